The Kier molecular flexibility index (Phi) is 7.75. The van der Waals surface area contributed by atoms with E-state index in [0.717, 1.165) is 47.8 Å². The summed E-state index contributed by atoms with van der Waals surface area (Å²) in [6.07, 6.45) is 3.52. The topological polar surface area (TPSA) is 52.3 Å². The van der Waals surface area contributed by atoms with Gasteiger partial charge in [0.05, 0.1) is 0 Å². The van der Waals surface area contributed by atoms with Crippen molar-refractivity contribution in [3.63, 3.8) is 0 Å². The summed E-state index contributed by atoms with van der Waals surface area (Å²) < 4.78 is 6.85. The molecule has 3 nitrogen and oxygen atoms in total. The number of hydrogen-bond acceptors (Lipinski definition) is 2. The minimum atomic E-state index is -0.417. The summed E-state index contributed by atoms with van der Waals surface area (Å²) in [4.78, 5) is 12.5. The van der Waals surface area contributed by atoms with Crippen molar-refractivity contribution in [1.29, 1.82) is 0 Å². The Morgan fingerprint density at radius 1 is 0.912 bits per heavy atom. The van der Waals surface area contributed by atoms with Crippen molar-refractivity contribution in [1.82, 2.24) is 0 Å². The third-order valence-corrected chi connectivity index (χ3v) is 7.64. The van der Waals surface area contributed by atoms with E-state index in [9.17, 15) is 4.79 Å². The highest BCUT2D eigenvalue weighted by Crippen LogP contribution is 2.41. The second-order valence-electron chi connectivity index (χ2n) is 10.7. The zero-order chi connectivity index (χ0) is 25.1. The second-order valence-corrected chi connectivity index (χ2v) is 10.7. The van der Waals surface area contributed by atoms with Gasteiger partial charge in [-0.05, 0) is 58.6 Å². The van der Waals surface area contributed by atoms with Gasteiger partial charge in [-0.2, -0.15) is 0 Å². The Morgan fingerprint density at radius 3 is 2.21 bits per heavy atom. The molecule has 0 saturated heterocycles. The van der Waals surface area contributed by atoms with Crippen LogP contribution in [0.15, 0.2) is 54.6 Å². The lowest BCUT2D eigenvalue weighted by Gasteiger charge is -2.32. The number of ether oxygens (including phenoxy) is 1. The molecular weight excluding hydrogens is 418 g/mol. The van der Waals surface area contributed by atoms with Gasteiger partial charge in [0.15, 0.2) is 0 Å². The maximum absolute atomic E-state index is 12.5. The highest BCUT2D eigenvalue weighted by molar-refractivity contribution is 6.01. The van der Waals surface area contributed by atoms with E-state index in [0.29, 0.717) is 5.56 Å². The van der Waals surface area contributed by atoms with E-state index in [1.165, 1.54) is 11.1 Å². The van der Waals surface area contributed by atoms with Crippen LogP contribution in [0.25, 0.3) is 10.8 Å². The lowest BCUT2D eigenvalue weighted by Crippen LogP contribution is -2.23. The van der Waals surface area contributed by atoms with Gasteiger partial charge in [-0.15, -0.1) is 0 Å². The third kappa shape index (κ3) is 5.14. The number of fused-ring (bicyclic) bond motifs is 1. The predicted molar refractivity (Wildman–Crippen MR) is 144 cm³/mol. The lowest BCUT2D eigenvalue weighted by atomic mass is 9.76. The Bertz CT molecular complexity index is 1160. The predicted octanol–water partition coefficient (Wildman–Crippen LogP) is 8.23. The number of primary amides is 1. The van der Waals surface area contributed by atoms with Gasteiger partial charge in [0, 0.05) is 16.7 Å². The van der Waals surface area contributed by atoms with Crippen LogP contribution in [-0.4, -0.2) is 5.91 Å². The summed E-state index contributed by atoms with van der Waals surface area (Å²) in [5, 5.41) is 2.11. The SMILES string of the molecule is CCCC(Oc1ccc(C(C)(C)CC)cc1C(C)(C)CC)c1c(C(N)=O)ccc2ccccc12. The van der Waals surface area contributed by atoms with Crippen molar-refractivity contribution >= 4 is 16.7 Å². The average molecular weight is 460 g/mol. The van der Waals surface area contributed by atoms with E-state index in [-0.39, 0.29) is 16.9 Å². The van der Waals surface area contributed by atoms with Gasteiger partial charge in [-0.3, -0.25) is 4.79 Å². The number of nitrogens with two attached hydrogens (primary N) is 1. The molecule has 0 bridgehead atoms. The van der Waals surface area contributed by atoms with Crippen molar-refractivity contribution in [3.8, 4) is 5.75 Å². The van der Waals surface area contributed by atoms with Crippen LogP contribution in [0.5, 0.6) is 5.75 Å². The molecule has 3 aromatic rings. The number of carbonyl (C=O) groups is 1. The Labute approximate surface area is 205 Å². The standard InChI is InChI=1S/C31H41NO2/c1-8-13-27(28-23-15-12-11-14-21(23)16-18-24(28)29(32)33)34-26-19-17-22(30(4,5)9-2)20-25(26)31(6,7)10-3/h11-12,14-20,27H,8-10,13H2,1-7H3,(H2,32,33). The molecule has 1 atom stereocenters. The minimum Gasteiger partial charge on any atom is -0.485 e. The molecule has 0 fully saturated rings. The maximum atomic E-state index is 12.5. The fraction of sp³-hybridized carbons (Fsp3) is 0.452. The largest absolute Gasteiger partial charge is 0.485 e. The highest BCUT2D eigenvalue weighted by Gasteiger charge is 2.29. The molecule has 0 spiro atoms. The number of rotatable bonds is 10. The van der Waals surface area contributed by atoms with Gasteiger partial charge in [0.2, 0.25) is 5.91 Å². The summed E-state index contributed by atoms with van der Waals surface area (Å²) in [5.41, 5.74) is 9.87. The normalized spacial score (nSPS) is 13.1. The monoisotopic (exact) mass is 459 g/mol. The summed E-state index contributed by atoms with van der Waals surface area (Å²) in [7, 11) is 0. The van der Waals surface area contributed by atoms with Gasteiger partial charge in [0.25, 0.3) is 0 Å². The van der Waals surface area contributed by atoms with Gasteiger partial charge in [0.1, 0.15) is 11.9 Å². The van der Waals surface area contributed by atoms with Gasteiger partial charge < -0.3 is 10.5 Å². The van der Waals surface area contributed by atoms with E-state index in [4.69, 9.17) is 10.5 Å². The summed E-state index contributed by atoms with van der Waals surface area (Å²) >= 11 is 0. The molecule has 2 N–H and O–H groups in total. The zero-order valence-electron chi connectivity index (χ0n) is 22.0. The first kappa shape index (κ1) is 25.8. The molecule has 3 heteroatoms. The Hall–Kier alpha value is -2.81. The molecule has 0 radical (unpaired) electrons. The maximum Gasteiger partial charge on any atom is 0.249 e. The van der Waals surface area contributed by atoms with Crippen LogP contribution in [0.2, 0.25) is 0 Å². The van der Waals surface area contributed by atoms with Crippen LogP contribution >= 0.6 is 0 Å². The van der Waals surface area contributed by atoms with Gasteiger partial charge >= 0.3 is 0 Å². The molecule has 34 heavy (non-hydrogen) atoms. The fourth-order valence-corrected chi connectivity index (χ4v) is 4.51. The van der Waals surface area contributed by atoms with Crippen LogP contribution in [-0.2, 0) is 10.8 Å². The lowest BCUT2D eigenvalue weighted by molar-refractivity contribution is 0.0994. The molecule has 182 valence electrons. The fourth-order valence-electron chi connectivity index (χ4n) is 4.51. The van der Waals surface area contributed by atoms with Crippen LogP contribution in [0.4, 0.5) is 0 Å². The highest BCUT2D eigenvalue weighted by atomic mass is 16.5. The van der Waals surface area contributed by atoms with E-state index < -0.39 is 5.91 Å². The molecule has 0 saturated carbocycles. The van der Waals surface area contributed by atoms with E-state index in [1.54, 1.807) is 0 Å². The molecule has 1 unspecified atom stereocenters. The van der Waals surface area contributed by atoms with E-state index in [1.807, 2.05) is 24.3 Å². The van der Waals surface area contributed by atoms with Crippen molar-refractivity contribution in [3.05, 3.63) is 76.9 Å². The average Bonchev–Trinajstić information content (AvgIpc) is 2.82. The van der Waals surface area contributed by atoms with Crippen LogP contribution in [0.1, 0.15) is 107 Å². The van der Waals surface area contributed by atoms with Crippen LogP contribution < -0.4 is 10.5 Å². The van der Waals surface area contributed by atoms with Crippen LogP contribution in [0.3, 0.4) is 0 Å². The van der Waals surface area contributed by atoms with Crippen molar-refractivity contribution in [2.24, 2.45) is 5.73 Å². The molecule has 0 heterocycles. The molecule has 1 amide bonds. The van der Waals surface area contributed by atoms with Crippen molar-refractivity contribution in [2.45, 2.75) is 91.1 Å². The first-order valence-corrected chi connectivity index (χ1v) is 12.7. The second kappa shape index (κ2) is 10.2. The first-order chi connectivity index (χ1) is 16.1. The molecule has 3 rings (SSSR count). The van der Waals surface area contributed by atoms with Crippen molar-refractivity contribution in [2.75, 3.05) is 0 Å². The molecule has 0 aromatic heterocycles. The smallest absolute Gasteiger partial charge is 0.249 e. The van der Waals surface area contributed by atoms with Gasteiger partial charge in [-0.1, -0.05) is 97.4 Å². The number of carbonyl (C=O) groups excluding carboxylic acids is 1. The van der Waals surface area contributed by atoms with Crippen LogP contribution in [0, 0.1) is 0 Å². The number of amides is 1. The van der Waals surface area contributed by atoms with Crippen molar-refractivity contribution < 1.29 is 9.53 Å². The molecule has 0 aliphatic heterocycles. The third-order valence-electron chi connectivity index (χ3n) is 7.64. The quantitative estimate of drug-likeness (QED) is 0.332. The Morgan fingerprint density at radius 2 is 1.59 bits per heavy atom. The van der Waals surface area contributed by atoms with E-state index in [2.05, 4.69) is 78.8 Å². The summed E-state index contributed by atoms with van der Waals surface area (Å²) in [5.74, 6) is 0.476. The number of benzene rings is 3. The summed E-state index contributed by atoms with van der Waals surface area (Å²) in [6.45, 7) is 15.7. The van der Waals surface area contributed by atoms with E-state index >= 15 is 0 Å². The molecular formula is C31H41NO2. The summed E-state index contributed by atoms with van der Waals surface area (Å²) in [6, 6.07) is 18.6. The molecule has 0 aliphatic rings. The zero-order valence-corrected chi connectivity index (χ0v) is 22.0. The molecule has 0 aliphatic carbocycles. The first-order valence-electron chi connectivity index (χ1n) is 12.7. The van der Waals surface area contributed by atoms with Gasteiger partial charge in [-0.25, -0.2) is 0 Å². The molecule has 3 aromatic carbocycles. The Balaban J connectivity index is 2.20. The minimum absolute atomic E-state index is 0.0444. The number of hydrogen-bond donors (Lipinski definition) is 1.